The van der Waals surface area contributed by atoms with Gasteiger partial charge in [-0.3, -0.25) is 9.69 Å². The fourth-order valence-corrected chi connectivity index (χ4v) is 1.83. The van der Waals surface area contributed by atoms with E-state index in [9.17, 15) is 13.6 Å². The number of amides is 1. The monoisotopic (exact) mass is 261 g/mol. The maximum absolute atomic E-state index is 13.3. The molecule has 0 aromatic heterocycles. The fourth-order valence-electron chi connectivity index (χ4n) is 1.83. The molecule has 0 saturated heterocycles. The molecule has 4 heteroatoms. The zero-order valence-electron chi connectivity index (χ0n) is 10.4. The molecule has 0 radical (unpaired) electrons. The molecular formula is C15H13F2NO. The predicted molar refractivity (Wildman–Crippen MR) is 70.2 cm³/mol. The lowest BCUT2D eigenvalue weighted by Crippen LogP contribution is -2.25. The van der Waals surface area contributed by atoms with Crippen LogP contribution in [0.15, 0.2) is 48.5 Å². The first-order chi connectivity index (χ1) is 9.11. The van der Waals surface area contributed by atoms with Crippen molar-refractivity contribution in [3.8, 4) is 0 Å². The lowest BCUT2D eigenvalue weighted by Gasteiger charge is -2.22. The highest BCUT2D eigenvalue weighted by molar-refractivity contribution is 6.00. The minimum absolute atomic E-state index is 0.226. The molecule has 2 aromatic rings. The summed E-state index contributed by atoms with van der Waals surface area (Å²) >= 11 is 0. The van der Waals surface area contributed by atoms with E-state index in [1.165, 1.54) is 41.3 Å². The van der Waals surface area contributed by atoms with Crippen molar-refractivity contribution in [2.24, 2.45) is 0 Å². The predicted octanol–water partition coefficient (Wildman–Crippen LogP) is 4.04. The number of carbonyl (C=O) groups is 1. The minimum atomic E-state index is -0.442. The van der Waals surface area contributed by atoms with Crippen molar-refractivity contribution in [3.05, 3.63) is 60.2 Å². The second kappa shape index (κ2) is 5.61. The Bertz CT molecular complexity index is 553. The maximum Gasteiger partial charge on any atom is 0.231 e. The summed E-state index contributed by atoms with van der Waals surface area (Å²) < 4.78 is 26.6. The van der Waals surface area contributed by atoms with Crippen LogP contribution in [-0.4, -0.2) is 5.91 Å². The van der Waals surface area contributed by atoms with Crippen molar-refractivity contribution < 1.29 is 13.6 Å². The smallest absolute Gasteiger partial charge is 0.231 e. The SMILES string of the molecule is CCC(=O)N(c1cccc(F)c1)c1cccc(F)c1. The third-order valence-electron chi connectivity index (χ3n) is 2.68. The normalized spacial score (nSPS) is 10.3. The summed E-state index contributed by atoms with van der Waals surface area (Å²) in [6.07, 6.45) is 0.243. The summed E-state index contributed by atoms with van der Waals surface area (Å²) in [7, 11) is 0. The van der Waals surface area contributed by atoms with Crippen LogP contribution in [0.4, 0.5) is 20.2 Å². The fraction of sp³-hybridized carbons (Fsp3) is 0.133. The lowest BCUT2D eigenvalue weighted by molar-refractivity contribution is -0.117. The molecule has 1 amide bonds. The summed E-state index contributed by atoms with van der Waals surface area (Å²) in [6, 6.07) is 11.3. The number of carbonyl (C=O) groups excluding carboxylic acids is 1. The molecule has 0 atom stereocenters. The summed E-state index contributed by atoms with van der Waals surface area (Å²) in [5.41, 5.74) is 0.773. The molecule has 2 rings (SSSR count). The van der Waals surface area contributed by atoms with E-state index in [1.54, 1.807) is 19.1 Å². The van der Waals surface area contributed by atoms with E-state index in [1.807, 2.05) is 0 Å². The van der Waals surface area contributed by atoms with Gasteiger partial charge in [-0.2, -0.15) is 0 Å². The van der Waals surface area contributed by atoms with Gasteiger partial charge < -0.3 is 0 Å². The second-order valence-corrected chi connectivity index (χ2v) is 4.04. The molecule has 0 aliphatic heterocycles. The van der Waals surface area contributed by atoms with Crippen LogP contribution in [0.5, 0.6) is 0 Å². The number of hydrogen-bond acceptors (Lipinski definition) is 1. The van der Waals surface area contributed by atoms with Crippen LogP contribution < -0.4 is 4.90 Å². The quantitative estimate of drug-likeness (QED) is 0.816. The average Bonchev–Trinajstić information content (AvgIpc) is 2.39. The van der Waals surface area contributed by atoms with Crippen LogP contribution in [0.1, 0.15) is 13.3 Å². The number of benzene rings is 2. The molecule has 0 bridgehead atoms. The van der Waals surface area contributed by atoms with E-state index in [0.29, 0.717) is 11.4 Å². The number of rotatable bonds is 3. The molecule has 0 N–H and O–H groups in total. The number of halogens is 2. The van der Waals surface area contributed by atoms with E-state index >= 15 is 0 Å². The van der Waals surface area contributed by atoms with E-state index in [2.05, 4.69) is 0 Å². The van der Waals surface area contributed by atoms with Crippen LogP contribution in [-0.2, 0) is 4.79 Å². The molecule has 0 spiro atoms. The van der Waals surface area contributed by atoms with Crippen LogP contribution >= 0.6 is 0 Å². The highest BCUT2D eigenvalue weighted by atomic mass is 19.1. The first-order valence-corrected chi connectivity index (χ1v) is 5.96. The van der Waals surface area contributed by atoms with Crippen molar-refractivity contribution in [2.75, 3.05) is 4.90 Å². The van der Waals surface area contributed by atoms with Crippen molar-refractivity contribution in [1.29, 1.82) is 0 Å². The van der Waals surface area contributed by atoms with Gasteiger partial charge in [0.25, 0.3) is 0 Å². The van der Waals surface area contributed by atoms with Gasteiger partial charge in [-0.1, -0.05) is 19.1 Å². The Hall–Kier alpha value is -2.23. The number of hydrogen-bond donors (Lipinski definition) is 0. The van der Waals surface area contributed by atoms with Crippen molar-refractivity contribution in [2.45, 2.75) is 13.3 Å². The Morgan fingerprint density at radius 3 is 1.84 bits per heavy atom. The summed E-state index contributed by atoms with van der Waals surface area (Å²) in [4.78, 5) is 13.3. The molecular weight excluding hydrogens is 248 g/mol. The van der Waals surface area contributed by atoms with Crippen molar-refractivity contribution in [1.82, 2.24) is 0 Å². The molecule has 0 unspecified atom stereocenters. The molecule has 2 nitrogen and oxygen atoms in total. The minimum Gasteiger partial charge on any atom is -0.281 e. The summed E-state index contributed by atoms with van der Waals surface area (Å²) in [5.74, 6) is -1.11. The third-order valence-corrected chi connectivity index (χ3v) is 2.68. The number of nitrogens with zero attached hydrogens (tertiary/aromatic N) is 1. The Kier molecular flexibility index (Phi) is 3.90. The lowest BCUT2D eigenvalue weighted by atomic mass is 10.2. The molecule has 98 valence electrons. The Morgan fingerprint density at radius 1 is 1.00 bits per heavy atom. The van der Waals surface area contributed by atoms with Gasteiger partial charge in [-0.15, -0.1) is 0 Å². The highest BCUT2D eigenvalue weighted by Crippen LogP contribution is 2.27. The molecule has 2 aromatic carbocycles. The van der Waals surface area contributed by atoms with Gasteiger partial charge >= 0.3 is 0 Å². The van der Waals surface area contributed by atoms with Gasteiger partial charge in [-0.25, -0.2) is 8.78 Å². The van der Waals surface area contributed by atoms with Crippen LogP contribution in [0.25, 0.3) is 0 Å². The van der Waals surface area contributed by atoms with Gasteiger partial charge in [0.2, 0.25) is 5.91 Å². The van der Waals surface area contributed by atoms with Crippen LogP contribution in [0, 0.1) is 11.6 Å². The Balaban J connectivity index is 2.50. The van der Waals surface area contributed by atoms with Gasteiger partial charge in [0.15, 0.2) is 0 Å². The first kappa shape index (κ1) is 13.2. The average molecular weight is 261 g/mol. The van der Waals surface area contributed by atoms with Gasteiger partial charge in [-0.05, 0) is 36.4 Å². The van der Waals surface area contributed by atoms with Crippen LogP contribution in [0.2, 0.25) is 0 Å². The molecule has 0 saturated carbocycles. The van der Waals surface area contributed by atoms with E-state index in [4.69, 9.17) is 0 Å². The Morgan fingerprint density at radius 2 is 1.47 bits per heavy atom. The van der Waals surface area contributed by atoms with Crippen molar-refractivity contribution >= 4 is 17.3 Å². The summed E-state index contributed by atoms with van der Waals surface area (Å²) in [5, 5.41) is 0. The number of anilines is 2. The Labute approximate surface area is 110 Å². The van der Waals surface area contributed by atoms with E-state index < -0.39 is 11.6 Å². The van der Waals surface area contributed by atoms with E-state index in [0.717, 1.165) is 0 Å². The largest absolute Gasteiger partial charge is 0.281 e. The molecule has 0 fully saturated rings. The van der Waals surface area contributed by atoms with Gasteiger partial charge in [0, 0.05) is 6.42 Å². The maximum atomic E-state index is 13.3. The topological polar surface area (TPSA) is 20.3 Å². The molecule has 0 aliphatic carbocycles. The first-order valence-electron chi connectivity index (χ1n) is 5.96. The molecule has 0 aliphatic rings. The molecule has 19 heavy (non-hydrogen) atoms. The summed E-state index contributed by atoms with van der Waals surface area (Å²) in [6.45, 7) is 1.70. The van der Waals surface area contributed by atoms with E-state index in [-0.39, 0.29) is 12.3 Å². The standard InChI is InChI=1S/C15H13F2NO/c1-2-15(19)18(13-7-3-5-11(16)9-13)14-8-4-6-12(17)10-14/h3-10H,2H2,1H3. The zero-order valence-corrected chi connectivity index (χ0v) is 10.4. The van der Waals surface area contributed by atoms with Gasteiger partial charge in [0.1, 0.15) is 11.6 Å². The van der Waals surface area contributed by atoms with Gasteiger partial charge in [0.05, 0.1) is 11.4 Å². The van der Waals surface area contributed by atoms with Crippen LogP contribution in [0.3, 0.4) is 0 Å². The third kappa shape index (κ3) is 2.96. The van der Waals surface area contributed by atoms with Crippen molar-refractivity contribution in [3.63, 3.8) is 0 Å². The molecule has 0 heterocycles. The highest BCUT2D eigenvalue weighted by Gasteiger charge is 2.17. The second-order valence-electron chi connectivity index (χ2n) is 4.04. The zero-order chi connectivity index (χ0) is 13.8.